The van der Waals surface area contributed by atoms with Gasteiger partial charge in [0.2, 0.25) is 5.75 Å². The number of hydrogen-bond donors (Lipinski definition) is 1. The van der Waals surface area contributed by atoms with Crippen LogP contribution in [-0.4, -0.2) is 39.3 Å². The average Bonchev–Trinajstić information content (AvgIpc) is 2.67. The van der Waals surface area contributed by atoms with Crippen molar-refractivity contribution in [2.24, 2.45) is 0 Å². The van der Waals surface area contributed by atoms with Gasteiger partial charge in [0.1, 0.15) is 0 Å². The molecule has 2 aromatic rings. The highest BCUT2D eigenvalue weighted by molar-refractivity contribution is 5.97. The molecule has 26 heavy (non-hydrogen) atoms. The quantitative estimate of drug-likeness (QED) is 0.766. The molecule has 0 aliphatic rings. The lowest BCUT2D eigenvalue weighted by Gasteiger charge is -2.16. The van der Waals surface area contributed by atoms with E-state index in [1.807, 2.05) is 6.07 Å². The first kappa shape index (κ1) is 19.1. The lowest BCUT2D eigenvalue weighted by molar-refractivity contribution is -0.123. The minimum Gasteiger partial charge on any atom is -0.493 e. The number of carbonyl (C=O) groups is 2. The molecular weight excluding hydrogens is 338 g/mol. The number of carbonyl (C=O) groups excluding carboxylic acids is 2. The highest BCUT2D eigenvalue weighted by atomic mass is 16.5. The number of esters is 1. The van der Waals surface area contributed by atoms with Gasteiger partial charge >= 0.3 is 5.97 Å². The predicted octanol–water partition coefficient (Wildman–Crippen LogP) is 2.90. The number of anilines is 1. The Hall–Kier alpha value is -3.22. The Morgan fingerprint density at radius 1 is 0.923 bits per heavy atom. The Balaban J connectivity index is 2.12. The first-order valence-electron chi connectivity index (χ1n) is 7.87. The van der Waals surface area contributed by atoms with Gasteiger partial charge in [-0.2, -0.15) is 0 Å². The predicted molar refractivity (Wildman–Crippen MR) is 96.0 cm³/mol. The van der Waals surface area contributed by atoms with Gasteiger partial charge in [-0.25, -0.2) is 4.79 Å². The summed E-state index contributed by atoms with van der Waals surface area (Å²) in [5.74, 6) is -0.112. The van der Waals surface area contributed by atoms with Crippen LogP contribution in [0, 0.1) is 0 Å². The molecule has 2 aromatic carbocycles. The second kappa shape index (κ2) is 8.75. The van der Waals surface area contributed by atoms with E-state index in [-0.39, 0.29) is 5.56 Å². The van der Waals surface area contributed by atoms with Gasteiger partial charge in [-0.05, 0) is 31.2 Å². The van der Waals surface area contributed by atoms with Crippen LogP contribution in [0.4, 0.5) is 5.69 Å². The van der Waals surface area contributed by atoms with Crippen LogP contribution in [0.1, 0.15) is 17.3 Å². The standard InChI is InChI=1S/C19H21NO6/c1-12(18(21)20-14-8-6-5-7-9-14)26-19(22)13-10-15(23-2)17(25-4)16(11-13)24-3/h5-12H,1-4H3,(H,20,21)/t12-/m0/s1. The van der Waals surface area contributed by atoms with Gasteiger partial charge in [-0.3, -0.25) is 4.79 Å². The van der Waals surface area contributed by atoms with Crippen molar-refractivity contribution < 1.29 is 28.5 Å². The molecule has 0 fully saturated rings. The summed E-state index contributed by atoms with van der Waals surface area (Å²) in [5, 5.41) is 2.68. The largest absolute Gasteiger partial charge is 0.493 e. The molecule has 0 aromatic heterocycles. The fourth-order valence-electron chi connectivity index (χ4n) is 2.25. The molecule has 0 aliphatic heterocycles. The molecule has 138 valence electrons. The third-order valence-electron chi connectivity index (χ3n) is 3.59. The highest BCUT2D eigenvalue weighted by Crippen LogP contribution is 2.38. The molecule has 7 nitrogen and oxygen atoms in total. The molecule has 0 bridgehead atoms. The highest BCUT2D eigenvalue weighted by Gasteiger charge is 2.22. The molecule has 0 aliphatic carbocycles. The first-order valence-corrected chi connectivity index (χ1v) is 7.87. The molecular formula is C19H21NO6. The van der Waals surface area contributed by atoms with E-state index < -0.39 is 18.0 Å². The van der Waals surface area contributed by atoms with Crippen molar-refractivity contribution in [1.82, 2.24) is 0 Å². The summed E-state index contributed by atoms with van der Waals surface area (Å²) >= 11 is 0. The third-order valence-corrected chi connectivity index (χ3v) is 3.59. The number of ether oxygens (including phenoxy) is 4. The zero-order valence-corrected chi connectivity index (χ0v) is 15.1. The van der Waals surface area contributed by atoms with Crippen LogP contribution in [0.25, 0.3) is 0 Å². The van der Waals surface area contributed by atoms with Crippen molar-refractivity contribution in [3.63, 3.8) is 0 Å². The minimum absolute atomic E-state index is 0.180. The van der Waals surface area contributed by atoms with E-state index in [1.54, 1.807) is 24.3 Å². The second-order valence-corrected chi connectivity index (χ2v) is 5.32. The Morgan fingerprint density at radius 2 is 1.50 bits per heavy atom. The Kier molecular flexibility index (Phi) is 6.43. The zero-order valence-electron chi connectivity index (χ0n) is 15.1. The van der Waals surface area contributed by atoms with Gasteiger partial charge in [0, 0.05) is 5.69 Å². The van der Waals surface area contributed by atoms with Gasteiger partial charge in [0.25, 0.3) is 5.91 Å². The number of hydrogen-bond acceptors (Lipinski definition) is 6. The van der Waals surface area contributed by atoms with E-state index in [2.05, 4.69) is 5.32 Å². The average molecular weight is 359 g/mol. The fourth-order valence-corrected chi connectivity index (χ4v) is 2.25. The molecule has 0 radical (unpaired) electrons. The maximum Gasteiger partial charge on any atom is 0.339 e. The molecule has 2 rings (SSSR count). The number of amides is 1. The van der Waals surface area contributed by atoms with Gasteiger partial charge in [0.05, 0.1) is 26.9 Å². The topological polar surface area (TPSA) is 83.1 Å². The van der Waals surface area contributed by atoms with Crippen LogP contribution >= 0.6 is 0 Å². The molecule has 7 heteroatoms. The van der Waals surface area contributed by atoms with Crippen LogP contribution in [0.3, 0.4) is 0 Å². The van der Waals surface area contributed by atoms with Crippen LogP contribution in [0.15, 0.2) is 42.5 Å². The van der Waals surface area contributed by atoms with Crippen molar-refractivity contribution in [3.05, 3.63) is 48.0 Å². The van der Waals surface area contributed by atoms with Crippen LogP contribution in [-0.2, 0) is 9.53 Å². The van der Waals surface area contributed by atoms with E-state index in [4.69, 9.17) is 18.9 Å². The molecule has 0 heterocycles. The Labute approximate surface area is 151 Å². The van der Waals surface area contributed by atoms with Crippen molar-refractivity contribution in [3.8, 4) is 17.2 Å². The van der Waals surface area contributed by atoms with Crippen molar-refractivity contribution in [1.29, 1.82) is 0 Å². The summed E-state index contributed by atoms with van der Waals surface area (Å²) in [6.45, 7) is 1.49. The van der Waals surface area contributed by atoms with Gasteiger partial charge in [-0.1, -0.05) is 18.2 Å². The van der Waals surface area contributed by atoms with E-state index in [0.717, 1.165) is 0 Å². The number of methoxy groups -OCH3 is 3. The monoisotopic (exact) mass is 359 g/mol. The van der Waals surface area contributed by atoms with Crippen LogP contribution < -0.4 is 19.5 Å². The summed E-state index contributed by atoms with van der Waals surface area (Å²) < 4.78 is 20.9. The molecule has 0 saturated heterocycles. The molecule has 0 spiro atoms. The van der Waals surface area contributed by atoms with Crippen LogP contribution in [0.5, 0.6) is 17.2 Å². The second-order valence-electron chi connectivity index (χ2n) is 5.32. The number of nitrogens with one attached hydrogen (secondary N) is 1. The molecule has 0 unspecified atom stereocenters. The van der Waals surface area contributed by atoms with E-state index in [9.17, 15) is 9.59 Å². The summed E-state index contributed by atoms with van der Waals surface area (Å²) in [5.41, 5.74) is 0.798. The lowest BCUT2D eigenvalue weighted by atomic mass is 10.2. The smallest absolute Gasteiger partial charge is 0.339 e. The van der Waals surface area contributed by atoms with Crippen molar-refractivity contribution in [2.45, 2.75) is 13.0 Å². The summed E-state index contributed by atoms with van der Waals surface area (Å²) in [6.07, 6.45) is -0.984. The maximum absolute atomic E-state index is 12.4. The first-order chi connectivity index (χ1) is 12.5. The molecule has 1 atom stereocenters. The summed E-state index contributed by atoms with van der Waals surface area (Å²) in [4.78, 5) is 24.6. The maximum atomic E-state index is 12.4. The minimum atomic E-state index is -0.984. The zero-order chi connectivity index (χ0) is 19.1. The van der Waals surface area contributed by atoms with Gasteiger partial charge < -0.3 is 24.3 Å². The van der Waals surface area contributed by atoms with E-state index in [1.165, 1.54) is 40.4 Å². The number of rotatable bonds is 7. The Morgan fingerprint density at radius 3 is 2.00 bits per heavy atom. The van der Waals surface area contributed by atoms with Gasteiger partial charge in [0.15, 0.2) is 17.6 Å². The van der Waals surface area contributed by atoms with Crippen molar-refractivity contribution >= 4 is 17.6 Å². The Bertz CT molecular complexity index is 750. The number of para-hydroxylation sites is 1. The SMILES string of the molecule is COc1cc(C(=O)O[C@@H](C)C(=O)Nc2ccccc2)cc(OC)c1OC. The third kappa shape index (κ3) is 4.44. The number of benzene rings is 2. The van der Waals surface area contributed by atoms with E-state index >= 15 is 0 Å². The lowest BCUT2D eigenvalue weighted by Crippen LogP contribution is -2.30. The van der Waals surface area contributed by atoms with Gasteiger partial charge in [-0.15, -0.1) is 0 Å². The molecule has 0 saturated carbocycles. The van der Waals surface area contributed by atoms with E-state index in [0.29, 0.717) is 22.9 Å². The fraction of sp³-hybridized carbons (Fsp3) is 0.263. The normalized spacial score (nSPS) is 11.2. The van der Waals surface area contributed by atoms with Crippen molar-refractivity contribution in [2.75, 3.05) is 26.6 Å². The summed E-state index contributed by atoms with van der Waals surface area (Å²) in [6, 6.07) is 11.8. The van der Waals surface area contributed by atoms with Crippen LogP contribution in [0.2, 0.25) is 0 Å². The summed E-state index contributed by atoms with van der Waals surface area (Å²) in [7, 11) is 4.36. The molecule has 1 amide bonds. The molecule has 1 N–H and O–H groups in total.